The number of nitrogens with zero attached hydrogens (tertiary/aromatic N) is 2. The topological polar surface area (TPSA) is 74.3 Å². The lowest BCUT2D eigenvalue weighted by Crippen LogP contribution is -2.45. The van der Waals surface area contributed by atoms with Gasteiger partial charge in [0, 0.05) is 6.04 Å². The van der Waals surface area contributed by atoms with E-state index in [9.17, 15) is 9.59 Å². The van der Waals surface area contributed by atoms with E-state index >= 15 is 0 Å². The molecular formula is C15H20N4O2S. The van der Waals surface area contributed by atoms with Crippen LogP contribution >= 0.6 is 11.3 Å². The first-order chi connectivity index (χ1) is 10.4. The fraction of sp³-hybridized carbons (Fsp3) is 0.400. The van der Waals surface area contributed by atoms with Crippen molar-refractivity contribution in [1.82, 2.24) is 20.5 Å². The summed E-state index contributed by atoms with van der Waals surface area (Å²) in [6, 6.07) is 7.46. The molecule has 1 aromatic heterocycles. The first-order valence-corrected chi connectivity index (χ1v) is 7.89. The Balaban J connectivity index is 1.85. The molecule has 22 heavy (non-hydrogen) atoms. The number of hydrogen-bond acceptors (Lipinski definition) is 5. The van der Waals surface area contributed by atoms with Crippen LogP contribution in [0.2, 0.25) is 0 Å². The summed E-state index contributed by atoms with van der Waals surface area (Å²) in [6.07, 6.45) is 0. The second-order valence-corrected chi connectivity index (χ2v) is 6.54. The molecule has 0 aliphatic heterocycles. The third kappa shape index (κ3) is 4.78. The SMILES string of the molecule is CC(C)NC(=O)NC(=O)CN(C)Cc1nc2ccccc2s1. The van der Waals surface area contributed by atoms with Crippen LogP contribution in [0.3, 0.4) is 0 Å². The zero-order valence-corrected chi connectivity index (χ0v) is 13.7. The molecule has 0 spiro atoms. The predicted octanol–water partition coefficient (Wildman–Crippen LogP) is 1.96. The lowest BCUT2D eigenvalue weighted by atomic mass is 10.3. The second kappa shape index (κ2) is 7.33. The number of thiazole rings is 1. The van der Waals surface area contributed by atoms with Crippen molar-refractivity contribution in [2.24, 2.45) is 0 Å². The number of nitrogens with one attached hydrogen (secondary N) is 2. The van der Waals surface area contributed by atoms with Gasteiger partial charge in [0.2, 0.25) is 5.91 Å². The summed E-state index contributed by atoms with van der Waals surface area (Å²) in [6.45, 7) is 4.38. The molecule has 0 aliphatic carbocycles. The van der Waals surface area contributed by atoms with E-state index in [1.54, 1.807) is 11.3 Å². The van der Waals surface area contributed by atoms with E-state index < -0.39 is 6.03 Å². The number of benzene rings is 1. The predicted molar refractivity (Wildman–Crippen MR) is 87.8 cm³/mol. The maximum atomic E-state index is 11.8. The molecule has 0 saturated carbocycles. The molecule has 0 radical (unpaired) electrons. The van der Waals surface area contributed by atoms with Crippen LogP contribution in [0.25, 0.3) is 10.2 Å². The molecule has 0 fully saturated rings. The zero-order chi connectivity index (χ0) is 16.1. The van der Waals surface area contributed by atoms with Gasteiger partial charge in [0.15, 0.2) is 0 Å². The first kappa shape index (κ1) is 16.4. The summed E-state index contributed by atoms with van der Waals surface area (Å²) < 4.78 is 1.13. The van der Waals surface area contributed by atoms with Crippen molar-refractivity contribution in [3.05, 3.63) is 29.3 Å². The Hall–Kier alpha value is -1.99. The van der Waals surface area contributed by atoms with Crippen LogP contribution < -0.4 is 10.6 Å². The molecule has 0 saturated heterocycles. The van der Waals surface area contributed by atoms with Crippen molar-refractivity contribution < 1.29 is 9.59 Å². The van der Waals surface area contributed by atoms with Gasteiger partial charge in [-0.15, -0.1) is 11.3 Å². The number of para-hydroxylation sites is 1. The molecule has 2 aromatic rings. The highest BCUT2D eigenvalue weighted by molar-refractivity contribution is 7.18. The van der Waals surface area contributed by atoms with Crippen molar-refractivity contribution in [2.45, 2.75) is 26.4 Å². The minimum absolute atomic E-state index is 0.00622. The average Bonchev–Trinajstić information content (AvgIpc) is 2.78. The summed E-state index contributed by atoms with van der Waals surface area (Å²) in [5, 5.41) is 5.87. The van der Waals surface area contributed by atoms with Gasteiger partial charge < -0.3 is 5.32 Å². The number of urea groups is 1. The number of carbonyl (C=O) groups is 2. The molecule has 1 aromatic carbocycles. The van der Waals surface area contributed by atoms with Gasteiger partial charge in [0.05, 0.1) is 23.3 Å². The highest BCUT2D eigenvalue weighted by Crippen LogP contribution is 2.22. The van der Waals surface area contributed by atoms with Crippen molar-refractivity contribution in [2.75, 3.05) is 13.6 Å². The number of likely N-dealkylation sites (N-methyl/N-ethyl adjacent to an activating group) is 1. The van der Waals surface area contributed by atoms with Crippen LogP contribution in [0, 0.1) is 0 Å². The van der Waals surface area contributed by atoms with Crippen molar-refractivity contribution in [1.29, 1.82) is 0 Å². The number of carbonyl (C=O) groups excluding carboxylic acids is 2. The summed E-state index contributed by atoms with van der Waals surface area (Å²) in [7, 11) is 1.83. The van der Waals surface area contributed by atoms with Gasteiger partial charge in [-0.2, -0.15) is 0 Å². The van der Waals surface area contributed by atoms with E-state index in [4.69, 9.17) is 0 Å². The normalized spacial score (nSPS) is 11.1. The average molecular weight is 320 g/mol. The van der Waals surface area contributed by atoms with Crippen LogP contribution in [-0.4, -0.2) is 41.5 Å². The van der Waals surface area contributed by atoms with Gasteiger partial charge in [0.1, 0.15) is 5.01 Å². The van der Waals surface area contributed by atoms with Gasteiger partial charge in [-0.25, -0.2) is 9.78 Å². The van der Waals surface area contributed by atoms with E-state index in [1.165, 1.54) is 0 Å². The minimum atomic E-state index is -0.464. The molecule has 0 aliphatic rings. The van der Waals surface area contributed by atoms with Crippen molar-refractivity contribution in [3.8, 4) is 0 Å². The van der Waals surface area contributed by atoms with Gasteiger partial charge in [-0.3, -0.25) is 15.0 Å². The molecule has 1 heterocycles. The number of imide groups is 1. The smallest absolute Gasteiger partial charge is 0.321 e. The highest BCUT2D eigenvalue weighted by Gasteiger charge is 2.13. The summed E-state index contributed by atoms with van der Waals surface area (Å²) >= 11 is 1.61. The van der Waals surface area contributed by atoms with Crippen LogP contribution in [-0.2, 0) is 11.3 Å². The maximum absolute atomic E-state index is 11.8. The molecular weight excluding hydrogens is 300 g/mol. The molecule has 2 rings (SSSR count). The summed E-state index contributed by atoms with van der Waals surface area (Å²) in [4.78, 5) is 29.6. The van der Waals surface area contributed by atoms with E-state index in [2.05, 4.69) is 15.6 Å². The molecule has 2 N–H and O–H groups in total. The molecule has 3 amide bonds. The zero-order valence-electron chi connectivity index (χ0n) is 12.9. The van der Waals surface area contributed by atoms with Gasteiger partial charge in [-0.05, 0) is 33.0 Å². The molecule has 0 atom stereocenters. The number of hydrogen-bond donors (Lipinski definition) is 2. The Morgan fingerprint density at radius 1 is 1.32 bits per heavy atom. The summed E-state index contributed by atoms with van der Waals surface area (Å²) in [5.41, 5.74) is 0.969. The molecule has 0 bridgehead atoms. The lowest BCUT2D eigenvalue weighted by Gasteiger charge is -2.15. The Bertz CT molecular complexity index is 635. The quantitative estimate of drug-likeness (QED) is 0.883. The molecule has 0 unspecified atom stereocenters. The monoisotopic (exact) mass is 320 g/mol. The van der Waals surface area contributed by atoms with E-state index in [1.807, 2.05) is 50.1 Å². The summed E-state index contributed by atoms with van der Waals surface area (Å²) in [5.74, 6) is -0.332. The minimum Gasteiger partial charge on any atom is -0.336 e. The largest absolute Gasteiger partial charge is 0.336 e. The molecule has 118 valence electrons. The van der Waals surface area contributed by atoms with Crippen molar-refractivity contribution >= 4 is 33.5 Å². The Kier molecular flexibility index (Phi) is 5.46. The van der Waals surface area contributed by atoms with E-state index in [0.717, 1.165) is 15.2 Å². The third-order valence-electron chi connectivity index (χ3n) is 2.83. The van der Waals surface area contributed by atoms with Crippen LogP contribution in [0.15, 0.2) is 24.3 Å². The van der Waals surface area contributed by atoms with Crippen LogP contribution in [0.1, 0.15) is 18.9 Å². The van der Waals surface area contributed by atoms with E-state index in [-0.39, 0.29) is 18.5 Å². The van der Waals surface area contributed by atoms with Gasteiger partial charge in [0.25, 0.3) is 0 Å². The number of aromatic nitrogens is 1. The standard InChI is InChI=1S/C15H20N4O2S/c1-10(2)16-15(21)18-13(20)8-19(3)9-14-17-11-6-4-5-7-12(11)22-14/h4-7,10H,8-9H2,1-3H3,(H2,16,18,20,21). The number of rotatable bonds is 5. The van der Waals surface area contributed by atoms with Gasteiger partial charge in [-0.1, -0.05) is 12.1 Å². The fourth-order valence-corrected chi connectivity index (χ4v) is 3.03. The van der Waals surface area contributed by atoms with E-state index in [0.29, 0.717) is 6.54 Å². The van der Waals surface area contributed by atoms with Crippen molar-refractivity contribution in [3.63, 3.8) is 0 Å². The Morgan fingerprint density at radius 2 is 2.05 bits per heavy atom. The molecule has 6 nitrogen and oxygen atoms in total. The first-order valence-electron chi connectivity index (χ1n) is 7.07. The second-order valence-electron chi connectivity index (χ2n) is 5.42. The van der Waals surface area contributed by atoms with Crippen LogP contribution in [0.5, 0.6) is 0 Å². The maximum Gasteiger partial charge on any atom is 0.321 e. The lowest BCUT2D eigenvalue weighted by molar-refractivity contribution is -0.120. The number of amides is 3. The highest BCUT2D eigenvalue weighted by atomic mass is 32.1. The molecule has 7 heteroatoms. The number of fused-ring (bicyclic) bond motifs is 1. The third-order valence-corrected chi connectivity index (χ3v) is 3.85. The Morgan fingerprint density at radius 3 is 2.73 bits per heavy atom. The fourth-order valence-electron chi connectivity index (χ4n) is 1.98. The Labute approximate surface area is 133 Å². The van der Waals surface area contributed by atoms with Crippen LogP contribution in [0.4, 0.5) is 4.79 Å². The van der Waals surface area contributed by atoms with Gasteiger partial charge >= 0.3 is 6.03 Å².